The largest absolute Gasteiger partial charge is 0.399 e. The first-order valence-electron chi connectivity index (χ1n) is 10.4. The van der Waals surface area contributed by atoms with Crippen molar-refractivity contribution in [3.8, 4) is 0 Å². The molecule has 1 aromatic carbocycles. The van der Waals surface area contributed by atoms with Gasteiger partial charge in [0.25, 0.3) is 5.91 Å². The van der Waals surface area contributed by atoms with Crippen LogP contribution in [0.2, 0.25) is 0 Å². The van der Waals surface area contributed by atoms with Gasteiger partial charge in [0, 0.05) is 56.6 Å². The van der Waals surface area contributed by atoms with E-state index in [1.165, 1.54) is 6.42 Å². The number of benzene rings is 1. The van der Waals surface area contributed by atoms with Crippen LogP contribution in [0.5, 0.6) is 0 Å². The van der Waals surface area contributed by atoms with Crippen LogP contribution < -0.4 is 10.6 Å². The molecule has 27 heavy (non-hydrogen) atoms. The maximum absolute atomic E-state index is 13.2. The highest BCUT2D eigenvalue weighted by Crippen LogP contribution is 2.32. The average molecular weight is 370 g/mol. The number of carbonyl (C=O) groups is 2. The second-order valence-corrected chi connectivity index (χ2v) is 8.07. The molecule has 3 aliphatic rings. The Labute approximate surface area is 161 Å². The molecule has 2 N–H and O–H groups in total. The van der Waals surface area contributed by atoms with E-state index in [0.29, 0.717) is 17.2 Å². The SMILES string of the molecule is Nc1ccc(N2CCCN(C(=O)C3CC3)CC2)c(C(=O)N2CCCCC2)c1. The van der Waals surface area contributed by atoms with E-state index in [2.05, 4.69) is 4.90 Å². The van der Waals surface area contributed by atoms with Crippen LogP contribution in [0.3, 0.4) is 0 Å². The number of anilines is 2. The van der Waals surface area contributed by atoms with Crippen LogP contribution in [-0.4, -0.2) is 60.9 Å². The summed E-state index contributed by atoms with van der Waals surface area (Å²) in [6.07, 6.45) is 6.37. The van der Waals surface area contributed by atoms with Gasteiger partial charge in [-0.15, -0.1) is 0 Å². The highest BCUT2D eigenvalue weighted by Gasteiger charge is 2.34. The number of likely N-dealkylation sites (tertiary alicyclic amines) is 1. The van der Waals surface area contributed by atoms with Gasteiger partial charge >= 0.3 is 0 Å². The number of hydrogen-bond donors (Lipinski definition) is 1. The van der Waals surface area contributed by atoms with E-state index in [0.717, 1.165) is 77.1 Å². The lowest BCUT2D eigenvalue weighted by molar-refractivity contribution is -0.132. The third-order valence-corrected chi connectivity index (χ3v) is 5.97. The first kappa shape index (κ1) is 18.1. The second-order valence-electron chi connectivity index (χ2n) is 8.07. The summed E-state index contributed by atoms with van der Waals surface area (Å²) < 4.78 is 0. The normalized spacial score (nSPS) is 21.1. The van der Waals surface area contributed by atoms with Crippen LogP contribution in [-0.2, 0) is 4.79 Å². The molecule has 1 saturated carbocycles. The van der Waals surface area contributed by atoms with Crippen molar-refractivity contribution in [1.82, 2.24) is 9.80 Å². The van der Waals surface area contributed by atoms with Crippen LogP contribution >= 0.6 is 0 Å². The van der Waals surface area contributed by atoms with Crippen molar-refractivity contribution in [2.75, 3.05) is 49.9 Å². The van der Waals surface area contributed by atoms with E-state index in [1.807, 2.05) is 28.0 Å². The summed E-state index contributed by atoms with van der Waals surface area (Å²) in [4.78, 5) is 31.8. The molecule has 2 amide bonds. The second kappa shape index (κ2) is 7.79. The summed E-state index contributed by atoms with van der Waals surface area (Å²) in [5, 5.41) is 0. The Hall–Kier alpha value is -2.24. The summed E-state index contributed by atoms with van der Waals surface area (Å²) in [6, 6.07) is 5.68. The van der Waals surface area contributed by atoms with E-state index < -0.39 is 0 Å². The van der Waals surface area contributed by atoms with Crippen LogP contribution in [0.25, 0.3) is 0 Å². The Balaban J connectivity index is 1.52. The maximum atomic E-state index is 13.2. The molecule has 2 aliphatic heterocycles. The summed E-state index contributed by atoms with van der Waals surface area (Å²) in [5.74, 6) is 0.676. The van der Waals surface area contributed by atoms with E-state index in [9.17, 15) is 9.59 Å². The van der Waals surface area contributed by atoms with Crippen molar-refractivity contribution in [2.45, 2.75) is 38.5 Å². The third-order valence-electron chi connectivity index (χ3n) is 5.97. The van der Waals surface area contributed by atoms with E-state index >= 15 is 0 Å². The molecule has 0 atom stereocenters. The topological polar surface area (TPSA) is 69.9 Å². The molecule has 146 valence electrons. The van der Waals surface area contributed by atoms with Crippen molar-refractivity contribution >= 4 is 23.2 Å². The Kier molecular flexibility index (Phi) is 5.23. The molecule has 0 bridgehead atoms. The van der Waals surface area contributed by atoms with Crippen LogP contribution in [0.4, 0.5) is 11.4 Å². The van der Waals surface area contributed by atoms with Crippen LogP contribution in [0.1, 0.15) is 48.9 Å². The minimum Gasteiger partial charge on any atom is -0.399 e. The predicted octanol–water partition coefficient (Wildman–Crippen LogP) is 2.34. The maximum Gasteiger partial charge on any atom is 0.256 e. The highest BCUT2D eigenvalue weighted by atomic mass is 16.2. The molecule has 0 aromatic heterocycles. The minimum absolute atomic E-state index is 0.0900. The Morgan fingerprint density at radius 3 is 2.33 bits per heavy atom. The van der Waals surface area contributed by atoms with Crippen LogP contribution in [0.15, 0.2) is 18.2 Å². The van der Waals surface area contributed by atoms with Gasteiger partial charge in [0.2, 0.25) is 5.91 Å². The fourth-order valence-corrected chi connectivity index (χ4v) is 4.24. The molecule has 0 spiro atoms. The lowest BCUT2D eigenvalue weighted by Crippen LogP contribution is -2.38. The lowest BCUT2D eigenvalue weighted by Gasteiger charge is -2.30. The smallest absolute Gasteiger partial charge is 0.256 e. The van der Waals surface area contributed by atoms with E-state index in [1.54, 1.807) is 0 Å². The monoisotopic (exact) mass is 370 g/mol. The predicted molar refractivity (Wildman–Crippen MR) is 107 cm³/mol. The fourth-order valence-electron chi connectivity index (χ4n) is 4.24. The molecular weight excluding hydrogens is 340 g/mol. The molecule has 1 aliphatic carbocycles. The van der Waals surface area contributed by atoms with Gasteiger partial charge in [0.15, 0.2) is 0 Å². The third kappa shape index (κ3) is 4.04. The molecule has 2 heterocycles. The zero-order valence-corrected chi connectivity index (χ0v) is 16.0. The lowest BCUT2D eigenvalue weighted by atomic mass is 10.1. The Bertz CT molecular complexity index is 710. The summed E-state index contributed by atoms with van der Waals surface area (Å²) in [6.45, 7) is 4.84. The number of nitrogens with zero attached hydrogens (tertiary/aromatic N) is 3. The fraction of sp³-hybridized carbons (Fsp3) is 0.619. The van der Waals surface area contributed by atoms with Gasteiger partial charge in [-0.3, -0.25) is 9.59 Å². The molecule has 4 rings (SSSR count). The molecule has 6 heteroatoms. The number of carbonyl (C=O) groups excluding carboxylic acids is 2. The molecule has 3 fully saturated rings. The van der Waals surface area contributed by atoms with Gasteiger partial charge < -0.3 is 20.4 Å². The summed E-state index contributed by atoms with van der Waals surface area (Å²) in [5.41, 5.74) is 8.31. The zero-order valence-electron chi connectivity index (χ0n) is 16.0. The number of hydrogen-bond acceptors (Lipinski definition) is 4. The van der Waals surface area contributed by atoms with Crippen molar-refractivity contribution in [1.29, 1.82) is 0 Å². The molecule has 2 saturated heterocycles. The standard InChI is InChI=1S/C21H30N4O2/c22-17-7-8-19(18(15-17)21(27)24-9-2-1-3-10-24)23-11-4-12-25(14-13-23)20(26)16-5-6-16/h7-8,15-16H,1-6,9-14,22H2. The number of piperidine rings is 1. The Morgan fingerprint density at radius 2 is 1.59 bits per heavy atom. The van der Waals surface area contributed by atoms with Gasteiger partial charge in [-0.25, -0.2) is 0 Å². The molecule has 1 aromatic rings. The van der Waals surface area contributed by atoms with Crippen molar-refractivity contribution < 1.29 is 9.59 Å². The van der Waals surface area contributed by atoms with Gasteiger partial charge in [-0.1, -0.05) is 0 Å². The first-order chi connectivity index (χ1) is 13.1. The molecule has 6 nitrogen and oxygen atoms in total. The number of rotatable bonds is 3. The van der Waals surface area contributed by atoms with Crippen molar-refractivity contribution in [2.24, 2.45) is 5.92 Å². The number of nitrogen functional groups attached to an aromatic ring is 1. The van der Waals surface area contributed by atoms with Gasteiger partial charge in [0.1, 0.15) is 0 Å². The summed E-state index contributed by atoms with van der Waals surface area (Å²) in [7, 11) is 0. The zero-order chi connectivity index (χ0) is 18.8. The number of nitrogens with two attached hydrogens (primary N) is 1. The quantitative estimate of drug-likeness (QED) is 0.829. The van der Waals surface area contributed by atoms with Gasteiger partial charge in [0.05, 0.1) is 5.56 Å². The molecular formula is C21H30N4O2. The first-order valence-corrected chi connectivity index (χ1v) is 10.4. The van der Waals surface area contributed by atoms with Crippen molar-refractivity contribution in [3.63, 3.8) is 0 Å². The van der Waals surface area contributed by atoms with E-state index in [4.69, 9.17) is 5.73 Å². The minimum atomic E-state index is 0.0900. The number of amides is 2. The molecule has 0 radical (unpaired) electrons. The van der Waals surface area contributed by atoms with E-state index in [-0.39, 0.29) is 11.8 Å². The Morgan fingerprint density at radius 1 is 0.852 bits per heavy atom. The average Bonchev–Trinajstić information content (AvgIpc) is 3.54. The highest BCUT2D eigenvalue weighted by molar-refractivity contribution is 6.00. The van der Waals surface area contributed by atoms with Crippen molar-refractivity contribution in [3.05, 3.63) is 23.8 Å². The van der Waals surface area contributed by atoms with Gasteiger partial charge in [-0.2, -0.15) is 0 Å². The molecule has 0 unspecified atom stereocenters. The summed E-state index contributed by atoms with van der Waals surface area (Å²) >= 11 is 0. The van der Waals surface area contributed by atoms with Gasteiger partial charge in [-0.05, 0) is 56.7 Å². The van der Waals surface area contributed by atoms with Crippen LogP contribution in [0, 0.1) is 5.92 Å².